The van der Waals surface area contributed by atoms with Crippen molar-refractivity contribution in [2.75, 3.05) is 18.0 Å². The van der Waals surface area contributed by atoms with Gasteiger partial charge in [0.05, 0.1) is 5.56 Å². The van der Waals surface area contributed by atoms with E-state index in [1.807, 2.05) is 0 Å². The first-order chi connectivity index (χ1) is 8.24. The van der Waals surface area contributed by atoms with Gasteiger partial charge in [-0.2, -0.15) is 13.2 Å². The van der Waals surface area contributed by atoms with E-state index in [1.54, 1.807) is 26.0 Å². The van der Waals surface area contributed by atoms with E-state index >= 15 is 0 Å². The summed E-state index contributed by atoms with van der Waals surface area (Å²) in [6.07, 6.45) is -4.30. The summed E-state index contributed by atoms with van der Waals surface area (Å²) >= 11 is 4.83. The zero-order valence-electron chi connectivity index (χ0n) is 10.1. The number of rotatable bonds is 4. The number of pyridine rings is 1. The maximum absolute atomic E-state index is 12.5. The zero-order chi connectivity index (χ0) is 13.9. The Morgan fingerprint density at radius 1 is 1.44 bits per heavy atom. The summed E-state index contributed by atoms with van der Waals surface area (Å²) in [6.45, 7) is 2.43. The van der Waals surface area contributed by atoms with Crippen LogP contribution in [0.4, 0.5) is 19.0 Å². The minimum atomic E-state index is -4.30. The van der Waals surface area contributed by atoms with E-state index in [2.05, 4.69) is 4.98 Å². The van der Waals surface area contributed by atoms with Crippen molar-refractivity contribution in [3.63, 3.8) is 0 Å². The SMILES string of the molecule is CCN(CC(F)(F)F)c1nc(C)ccc1C(N)=S. The van der Waals surface area contributed by atoms with E-state index in [9.17, 15) is 13.2 Å². The molecule has 0 unspecified atom stereocenters. The molecule has 0 spiro atoms. The van der Waals surface area contributed by atoms with Crippen molar-refractivity contribution in [2.45, 2.75) is 20.0 Å². The number of hydrogen-bond donors (Lipinski definition) is 1. The van der Waals surface area contributed by atoms with Crippen LogP contribution in [0.15, 0.2) is 12.1 Å². The molecule has 1 heterocycles. The normalized spacial score (nSPS) is 11.4. The average molecular weight is 277 g/mol. The summed E-state index contributed by atoms with van der Waals surface area (Å²) in [7, 11) is 0. The number of thiocarbonyl (C=S) groups is 1. The quantitative estimate of drug-likeness (QED) is 0.858. The monoisotopic (exact) mass is 277 g/mol. The highest BCUT2D eigenvalue weighted by molar-refractivity contribution is 7.80. The lowest BCUT2D eigenvalue weighted by Gasteiger charge is -2.25. The van der Waals surface area contributed by atoms with Crippen LogP contribution in [0.1, 0.15) is 18.2 Å². The average Bonchev–Trinajstić information content (AvgIpc) is 2.24. The lowest BCUT2D eigenvalue weighted by molar-refractivity contribution is -0.119. The Balaban J connectivity index is 3.19. The molecule has 0 saturated carbocycles. The standard InChI is InChI=1S/C11H14F3N3S/c1-3-17(6-11(12,13)14)10-8(9(15)18)5-4-7(2)16-10/h4-5H,3,6H2,1-2H3,(H2,15,18). The number of anilines is 1. The smallest absolute Gasteiger partial charge is 0.389 e. The third-order valence-corrected chi connectivity index (χ3v) is 2.55. The first-order valence-electron chi connectivity index (χ1n) is 5.33. The highest BCUT2D eigenvalue weighted by Crippen LogP contribution is 2.23. The Labute approximate surface area is 109 Å². The molecule has 0 atom stereocenters. The van der Waals surface area contributed by atoms with Gasteiger partial charge in [-0.05, 0) is 26.0 Å². The fourth-order valence-electron chi connectivity index (χ4n) is 1.53. The topological polar surface area (TPSA) is 42.2 Å². The van der Waals surface area contributed by atoms with Crippen LogP contribution in [-0.4, -0.2) is 29.2 Å². The summed E-state index contributed by atoms with van der Waals surface area (Å²) in [5.41, 5.74) is 6.48. The van der Waals surface area contributed by atoms with Gasteiger partial charge in [-0.3, -0.25) is 0 Å². The molecule has 2 N–H and O–H groups in total. The van der Waals surface area contributed by atoms with Gasteiger partial charge < -0.3 is 10.6 Å². The van der Waals surface area contributed by atoms with Crippen LogP contribution in [0.25, 0.3) is 0 Å². The molecule has 0 aliphatic heterocycles. The van der Waals surface area contributed by atoms with Crippen molar-refractivity contribution < 1.29 is 13.2 Å². The molecular weight excluding hydrogens is 263 g/mol. The predicted molar refractivity (Wildman–Crippen MR) is 68.8 cm³/mol. The van der Waals surface area contributed by atoms with Gasteiger partial charge in [-0.15, -0.1) is 0 Å². The number of aryl methyl sites for hydroxylation is 1. The van der Waals surface area contributed by atoms with Crippen molar-refractivity contribution in [3.8, 4) is 0 Å². The van der Waals surface area contributed by atoms with E-state index in [0.29, 0.717) is 11.3 Å². The van der Waals surface area contributed by atoms with E-state index in [1.165, 1.54) is 0 Å². The number of halogens is 3. The predicted octanol–water partition coefficient (Wildman–Crippen LogP) is 2.41. The van der Waals surface area contributed by atoms with Crippen LogP contribution in [0.5, 0.6) is 0 Å². The van der Waals surface area contributed by atoms with Gasteiger partial charge in [0.2, 0.25) is 0 Å². The molecule has 18 heavy (non-hydrogen) atoms. The Morgan fingerprint density at radius 3 is 2.50 bits per heavy atom. The number of nitrogens with two attached hydrogens (primary N) is 1. The van der Waals surface area contributed by atoms with Gasteiger partial charge in [0.25, 0.3) is 0 Å². The van der Waals surface area contributed by atoms with Crippen LogP contribution in [-0.2, 0) is 0 Å². The summed E-state index contributed by atoms with van der Waals surface area (Å²) in [6, 6.07) is 3.26. The van der Waals surface area contributed by atoms with E-state index in [-0.39, 0.29) is 17.4 Å². The van der Waals surface area contributed by atoms with Gasteiger partial charge >= 0.3 is 6.18 Å². The summed E-state index contributed by atoms with van der Waals surface area (Å²) < 4.78 is 37.4. The molecule has 0 aliphatic rings. The van der Waals surface area contributed by atoms with Crippen LogP contribution < -0.4 is 10.6 Å². The van der Waals surface area contributed by atoms with Crippen molar-refractivity contribution in [2.24, 2.45) is 5.73 Å². The first kappa shape index (κ1) is 14.7. The lowest BCUT2D eigenvalue weighted by atomic mass is 10.2. The molecule has 0 amide bonds. The second kappa shape index (κ2) is 5.51. The number of nitrogens with zero attached hydrogens (tertiary/aromatic N) is 2. The third kappa shape index (κ3) is 3.83. The van der Waals surface area contributed by atoms with E-state index in [0.717, 1.165) is 4.90 Å². The Morgan fingerprint density at radius 2 is 2.06 bits per heavy atom. The van der Waals surface area contributed by atoms with Crippen molar-refractivity contribution in [1.82, 2.24) is 4.98 Å². The highest BCUT2D eigenvalue weighted by Gasteiger charge is 2.31. The molecule has 7 heteroatoms. The Hall–Kier alpha value is -1.37. The van der Waals surface area contributed by atoms with Crippen LogP contribution in [0, 0.1) is 6.92 Å². The second-order valence-electron chi connectivity index (χ2n) is 3.82. The highest BCUT2D eigenvalue weighted by atomic mass is 32.1. The van der Waals surface area contributed by atoms with Crippen LogP contribution >= 0.6 is 12.2 Å². The maximum atomic E-state index is 12.5. The molecule has 0 aromatic carbocycles. The van der Waals surface area contributed by atoms with E-state index in [4.69, 9.17) is 18.0 Å². The second-order valence-corrected chi connectivity index (χ2v) is 4.26. The Kier molecular flexibility index (Phi) is 4.50. The summed E-state index contributed by atoms with van der Waals surface area (Å²) in [5, 5.41) is 0. The minimum absolute atomic E-state index is 0.0399. The molecule has 1 rings (SSSR count). The molecule has 0 fully saturated rings. The van der Waals surface area contributed by atoms with Gasteiger partial charge in [0.1, 0.15) is 17.4 Å². The molecule has 100 valence electrons. The third-order valence-electron chi connectivity index (χ3n) is 2.33. The molecule has 1 aromatic heterocycles. The zero-order valence-corrected chi connectivity index (χ0v) is 10.9. The lowest BCUT2D eigenvalue weighted by Crippen LogP contribution is -2.36. The van der Waals surface area contributed by atoms with Gasteiger partial charge in [0, 0.05) is 12.2 Å². The number of hydrogen-bond acceptors (Lipinski definition) is 3. The molecule has 0 radical (unpaired) electrons. The van der Waals surface area contributed by atoms with Crippen molar-refractivity contribution in [3.05, 3.63) is 23.4 Å². The summed E-state index contributed by atoms with van der Waals surface area (Å²) in [4.78, 5) is 5.26. The van der Waals surface area contributed by atoms with Crippen LogP contribution in [0.3, 0.4) is 0 Å². The molecule has 3 nitrogen and oxygen atoms in total. The fourth-order valence-corrected chi connectivity index (χ4v) is 1.69. The molecule has 0 aliphatic carbocycles. The Bertz CT molecular complexity index is 446. The number of aromatic nitrogens is 1. The molecule has 1 aromatic rings. The molecule has 0 bridgehead atoms. The van der Waals surface area contributed by atoms with Gasteiger partial charge in [-0.1, -0.05) is 12.2 Å². The van der Waals surface area contributed by atoms with Gasteiger partial charge in [0.15, 0.2) is 0 Å². The summed E-state index contributed by atoms with van der Waals surface area (Å²) in [5.74, 6) is 0.183. The van der Waals surface area contributed by atoms with Gasteiger partial charge in [-0.25, -0.2) is 4.98 Å². The minimum Gasteiger partial charge on any atom is -0.389 e. The number of alkyl halides is 3. The first-order valence-corrected chi connectivity index (χ1v) is 5.74. The van der Waals surface area contributed by atoms with Crippen LogP contribution in [0.2, 0.25) is 0 Å². The fraction of sp³-hybridized carbons (Fsp3) is 0.455. The van der Waals surface area contributed by atoms with E-state index < -0.39 is 12.7 Å². The van der Waals surface area contributed by atoms with Crippen molar-refractivity contribution in [1.29, 1.82) is 0 Å². The molecule has 0 saturated heterocycles. The maximum Gasteiger partial charge on any atom is 0.405 e. The largest absolute Gasteiger partial charge is 0.405 e. The molecular formula is C11H14F3N3S. The van der Waals surface area contributed by atoms with Crippen molar-refractivity contribution >= 4 is 23.0 Å².